The fourth-order valence-electron chi connectivity index (χ4n) is 2.66. The topological polar surface area (TPSA) is 49.6 Å². The molecule has 0 spiro atoms. The third kappa shape index (κ3) is 2.06. The first-order valence-corrected chi connectivity index (χ1v) is 6.75. The van der Waals surface area contributed by atoms with E-state index in [1.54, 1.807) is 12.4 Å². The highest BCUT2D eigenvalue weighted by molar-refractivity contribution is 7.58. The highest BCUT2D eigenvalue weighted by Gasteiger charge is 2.19. The number of rotatable bonds is 1. The monoisotopic (exact) mass is 266 g/mol. The molecule has 2 heterocycles. The molecule has 0 amide bonds. The molecule has 94 valence electrons. The minimum atomic E-state index is 0.426. The number of fused-ring (bicyclic) bond motifs is 1. The van der Waals surface area contributed by atoms with Crippen LogP contribution in [0.2, 0.25) is 0 Å². The summed E-state index contributed by atoms with van der Waals surface area (Å²) in [5.41, 5.74) is 4.78. The molecule has 1 aliphatic rings. The normalized spacial score (nSPS) is 13.6. The van der Waals surface area contributed by atoms with E-state index in [4.69, 9.17) is 12.6 Å². The minimum absolute atomic E-state index is 0.426. The molecule has 3 nitrogen and oxygen atoms in total. The van der Waals surface area contributed by atoms with Crippen LogP contribution in [-0.4, -0.2) is 9.97 Å². The lowest BCUT2D eigenvalue weighted by atomic mass is 9.87. The second-order valence-corrected chi connectivity index (χ2v) is 5.03. The largest absolute Gasteiger partial charge is 0.759 e. The van der Waals surface area contributed by atoms with Gasteiger partial charge in [-0.15, -0.1) is 0 Å². The number of aryl methyl sites for hydroxylation is 1. The van der Waals surface area contributed by atoms with Crippen molar-refractivity contribution >= 4 is 12.6 Å². The van der Waals surface area contributed by atoms with Gasteiger partial charge >= 0.3 is 0 Å². The molecule has 0 fully saturated rings. The maximum Gasteiger partial charge on any atom is 0.0998 e. The summed E-state index contributed by atoms with van der Waals surface area (Å²) in [6.07, 6.45) is 7.72. The Kier molecular flexibility index (Phi) is 3.14. The first kappa shape index (κ1) is 12.1. The SMILES string of the molecule is N#Cc1c([S-])nc2c(c1-c1ccncc1)CCCC2. The Labute approximate surface area is 117 Å². The number of hydrogen-bond acceptors (Lipinski definition) is 4. The second kappa shape index (κ2) is 4.94. The molecule has 2 aromatic rings. The van der Waals surface area contributed by atoms with E-state index in [0.717, 1.165) is 42.5 Å². The van der Waals surface area contributed by atoms with Crippen molar-refractivity contribution in [2.24, 2.45) is 0 Å². The second-order valence-electron chi connectivity index (χ2n) is 4.65. The molecule has 19 heavy (non-hydrogen) atoms. The molecule has 0 atom stereocenters. The number of nitriles is 1. The maximum atomic E-state index is 9.39. The zero-order valence-corrected chi connectivity index (χ0v) is 11.2. The first-order chi connectivity index (χ1) is 9.31. The summed E-state index contributed by atoms with van der Waals surface area (Å²) in [6.45, 7) is 0. The summed E-state index contributed by atoms with van der Waals surface area (Å²) >= 11 is 5.27. The third-order valence-corrected chi connectivity index (χ3v) is 3.82. The Morgan fingerprint density at radius 1 is 1.16 bits per heavy atom. The van der Waals surface area contributed by atoms with Gasteiger partial charge in [0.1, 0.15) is 0 Å². The van der Waals surface area contributed by atoms with Crippen LogP contribution < -0.4 is 0 Å². The highest BCUT2D eigenvalue weighted by Crippen LogP contribution is 2.34. The Balaban J connectivity index is 2.32. The molecule has 0 saturated heterocycles. The quantitative estimate of drug-likeness (QED) is 0.745. The summed E-state index contributed by atoms with van der Waals surface area (Å²) in [7, 11) is 0. The average Bonchev–Trinajstić information content (AvgIpc) is 2.46. The van der Waals surface area contributed by atoms with Crippen LogP contribution >= 0.6 is 0 Å². The van der Waals surface area contributed by atoms with Gasteiger partial charge < -0.3 is 12.6 Å². The molecule has 0 N–H and O–H groups in total. The molecule has 0 bridgehead atoms. The van der Waals surface area contributed by atoms with Gasteiger partial charge in [-0.05, 0) is 48.9 Å². The van der Waals surface area contributed by atoms with Crippen molar-refractivity contribution in [2.45, 2.75) is 30.7 Å². The maximum absolute atomic E-state index is 9.39. The average molecular weight is 266 g/mol. The molecule has 3 rings (SSSR count). The molecular weight excluding hydrogens is 254 g/mol. The molecule has 0 unspecified atom stereocenters. The fraction of sp³-hybridized carbons (Fsp3) is 0.267. The summed E-state index contributed by atoms with van der Waals surface area (Å²) in [5, 5.41) is 9.82. The zero-order valence-electron chi connectivity index (χ0n) is 10.4. The number of pyridine rings is 2. The summed E-state index contributed by atoms with van der Waals surface area (Å²) < 4.78 is 0. The summed E-state index contributed by atoms with van der Waals surface area (Å²) in [6, 6.07) is 6.09. The smallest absolute Gasteiger partial charge is 0.0998 e. The van der Waals surface area contributed by atoms with E-state index in [0.29, 0.717) is 10.6 Å². The molecule has 2 aromatic heterocycles. The van der Waals surface area contributed by atoms with Crippen molar-refractivity contribution in [1.29, 1.82) is 5.26 Å². The van der Waals surface area contributed by atoms with E-state index in [9.17, 15) is 5.26 Å². The van der Waals surface area contributed by atoms with Gasteiger partial charge in [0.25, 0.3) is 0 Å². The molecule has 1 aliphatic carbocycles. The van der Waals surface area contributed by atoms with Crippen molar-refractivity contribution in [1.82, 2.24) is 9.97 Å². The Bertz CT molecular complexity index is 659. The van der Waals surface area contributed by atoms with E-state index in [-0.39, 0.29) is 0 Å². The van der Waals surface area contributed by atoms with Crippen molar-refractivity contribution in [3.05, 3.63) is 41.3 Å². The third-order valence-electron chi connectivity index (χ3n) is 3.52. The van der Waals surface area contributed by atoms with Gasteiger partial charge in [0.05, 0.1) is 11.6 Å². The van der Waals surface area contributed by atoms with Crippen LogP contribution in [-0.2, 0) is 25.5 Å². The Morgan fingerprint density at radius 2 is 1.89 bits per heavy atom. The lowest BCUT2D eigenvalue weighted by Gasteiger charge is -2.24. The van der Waals surface area contributed by atoms with E-state index in [2.05, 4.69) is 16.0 Å². The molecule has 0 saturated carbocycles. The van der Waals surface area contributed by atoms with E-state index >= 15 is 0 Å². The zero-order chi connectivity index (χ0) is 13.2. The van der Waals surface area contributed by atoms with Crippen molar-refractivity contribution in [3.8, 4) is 17.2 Å². The lowest BCUT2D eigenvalue weighted by Crippen LogP contribution is -2.10. The van der Waals surface area contributed by atoms with Crippen LogP contribution in [0, 0.1) is 11.3 Å². The van der Waals surface area contributed by atoms with Crippen molar-refractivity contribution < 1.29 is 0 Å². The standard InChI is InChI=1S/C15H13N3S/c16-9-12-14(10-5-7-17-8-6-10)11-3-1-2-4-13(11)18-15(12)19/h5-8H,1-4H2,(H,18,19)/p-1. The Morgan fingerprint density at radius 3 is 2.63 bits per heavy atom. The van der Waals surface area contributed by atoms with Crippen molar-refractivity contribution in [3.63, 3.8) is 0 Å². The van der Waals surface area contributed by atoms with E-state index in [1.165, 1.54) is 5.56 Å². The van der Waals surface area contributed by atoms with Crippen LogP contribution in [0.3, 0.4) is 0 Å². The van der Waals surface area contributed by atoms with Gasteiger partial charge in [-0.2, -0.15) is 5.26 Å². The number of hydrogen-bond donors (Lipinski definition) is 0. The summed E-state index contributed by atoms with van der Waals surface area (Å²) in [5.74, 6) is 0. The van der Waals surface area contributed by atoms with Crippen LogP contribution in [0.5, 0.6) is 0 Å². The van der Waals surface area contributed by atoms with Crippen LogP contribution in [0.25, 0.3) is 11.1 Å². The predicted octanol–water partition coefficient (Wildman–Crippen LogP) is 2.80. The highest BCUT2D eigenvalue weighted by atomic mass is 32.1. The molecule has 0 aliphatic heterocycles. The van der Waals surface area contributed by atoms with Crippen LogP contribution in [0.4, 0.5) is 0 Å². The van der Waals surface area contributed by atoms with E-state index in [1.807, 2.05) is 12.1 Å². The van der Waals surface area contributed by atoms with Crippen LogP contribution in [0.15, 0.2) is 29.6 Å². The number of nitrogens with zero attached hydrogens (tertiary/aromatic N) is 3. The van der Waals surface area contributed by atoms with Gasteiger partial charge in [-0.25, -0.2) is 0 Å². The molecule has 0 radical (unpaired) electrons. The predicted molar refractivity (Wildman–Crippen MR) is 74.5 cm³/mol. The molecular formula is C15H12N3S-. The van der Waals surface area contributed by atoms with E-state index < -0.39 is 0 Å². The lowest BCUT2D eigenvalue weighted by molar-refractivity contribution is 0.661. The first-order valence-electron chi connectivity index (χ1n) is 6.34. The fourth-order valence-corrected chi connectivity index (χ4v) is 2.92. The van der Waals surface area contributed by atoms with Crippen molar-refractivity contribution in [2.75, 3.05) is 0 Å². The molecule has 0 aromatic carbocycles. The van der Waals surface area contributed by atoms with Gasteiger partial charge in [0, 0.05) is 23.7 Å². The van der Waals surface area contributed by atoms with Gasteiger partial charge in [-0.1, -0.05) is 5.03 Å². The van der Waals surface area contributed by atoms with Gasteiger partial charge in [0.15, 0.2) is 0 Å². The van der Waals surface area contributed by atoms with Gasteiger partial charge in [0.2, 0.25) is 0 Å². The van der Waals surface area contributed by atoms with Gasteiger partial charge in [-0.3, -0.25) is 9.97 Å². The summed E-state index contributed by atoms with van der Waals surface area (Å²) in [4.78, 5) is 8.48. The Hall–Kier alpha value is -1.99. The minimum Gasteiger partial charge on any atom is -0.759 e. The van der Waals surface area contributed by atoms with Crippen LogP contribution in [0.1, 0.15) is 29.7 Å². The number of aromatic nitrogens is 2. The molecule has 4 heteroatoms.